The van der Waals surface area contributed by atoms with Gasteiger partial charge in [-0.15, -0.1) is 0 Å². The van der Waals surface area contributed by atoms with Gasteiger partial charge in [0.05, 0.1) is 4.92 Å². The molecule has 1 aromatic heterocycles. The standard InChI is InChI=1S/C14H20N2O4S2/c1-8(11-6-9-3-4-10(11)5-9)15-14-12(16(17)18)7-13(21-14)22(2,19)20/h7-11,15H,3-6H2,1-2H3. The molecule has 2 saturated carbocycles. The van der Waals surface area contributed by atoms with Gasteiger partial charge in [0.2, 0.25) is 0 Å². The normalized spacial score (nSPS) is 28.7. The fraction of sp³-hybridized carbons (Fsp3) is 0.714. The van der Waals surface area contributed by atoms with Crippen molar-refractivity contribution in [2.45, 2.75) is 42.9 Å². The molecule has 0 aromatic carbocycles. The second-order valence-corrected chi connectivity index (χ2v) is 9.88. The van der Waals surface area contributed by atoms with Crippen LogP contribution in [0.3, 0.4) is 0 Å². The van der Waals surface area contributed by atoms with Gasteiger partial charge in [0, 0.05) is 18.4 Å². The molecule has 0 aliphatic heterocycles. The van der Waals surface area contributed by atoms with Crippen LogP contribution in [0, 0.1) is 27.9 Å². The lowest BCUT2D eigenvalue weighted by Crippen LogP contribution is -2.29. The van der Waals surface area contributed by atoms with Crippen LogP contribution >= 0.6 is 11.3 Å². The Morgan fingerprint density at radius 1 is 1.41 bits per heavy atom. The topological polar surface area (TPSA) is 89.3 Å². The molecule has 2 bridgehead atoms. The van der Waals surface area contributed by atoms with E-state index in [1.54, 1.807) is 0 Å². The molecular weight excluding hydrogens is 324 g/mol. The summed E-state index contributed by atoms with van der Waals surface area (Å²) in [6, 6.07) is 1.29. The monoisotopic (exact) mass is 344 g/mol. The van der Waals surface area contributed by atoms with Crippen LogP contribution in [-0.4, -0.2) is 25.6 Å². The van der Waals surface area contributed by atoms with Crippen LogP contribution in [0.4, 0.5) is 10.7 Å². The minimum Gasteiger partial charge on any atom is -0.368 e. The SMILES string of the molecule is CC(Nc1sc(S(C)(=O)=O)cc1[N+](=O)[O-])C1CC2CCC1C2. The number of nitrogens with zero attached hydrogens (tertiary/aromatic N) is 1. The van der Waals surface area contributed by atoms with Crippen LogP contribution in [0.5, 0.6) is 0 Å². The number of sulfone groups is 1. The summed E-state index contributed by atoms with van der Waals surface area (Å²) in [5.41, 5.74) is -0.138. The summed E-state index contributed by atoms with van der Waals surface area (Å²) in [4.78, 5) is 10.7. The van der Waals surface area contributed by atoms with Gasteiger partial charge in [-0.2, -0.15) is 0 Å². The molecule has 6 nitrogen and oxygen atoms in total. The highest BCUT2D eigenvalue weighted by molar-refractivity contribution is 7.92. The van der Waals surface area contributed by atoms with E-state index < -0.39 is 14.8 Å². The Labute approximate surface area is 134 Å². The third-order valence-electron chi connectivity index (χ3n) is 5.05. The minimum absolute atomic E-state index is 0.0434. The molecule has 2 aliphatic rings. The number of anilines is 1. The fourth-order valence-corrected chi connectivity index (χ4v) is 6.04. The van der Waals surface area contributed by atoms with Crippen LogP contribution in [0.2, 0.25) is 0 Å². The first kappa shape index (κ1) is 15.7. The second kappa shape index (κ2) is 5.49. The zero-order valence-corrected chi connectivity index (χ0v) is 14.2. The van der Waals surface area contributed by atoms with Crippen LogP contribution in [-0.2, 0) is 9.84 Å². The quantitative estimate of drug-likeness (QED) is 0.654. The molecule has 122 valence electrons. The predicted molar refractivity (Wildman–Crippen MR) is 86.1 cm³/mol. The second-order valence-electron chi connectivity index (χ2n) is 6.58. The van der Waals surface area contributed by atoms with Gasteiger partial charge in [0.15, 0.2) is 14.8 Å². The Morgan fingerprint density at radius 2 is 2.14 bits per heavy atom. The van der Waals surface area contributed by atoms with Crippen LogP contribution in [0.15, 0.2) is 10.3 Å². The molecule has 0 amide bonds. The van der Waals surface area contributed by atoms with E-state index >= 15 is 0 Å². The first-order valence-corrected chi connectivity index (χ1v) is 10.2. The smallest absolute Gasteiger partial charge is 0.304 e. The molecule has 8 heteroatoms. The molecule has 4 atom stereocenters. The number of thiophene rings is 1. The van der Waals surface area contributed by atoms with Crippen molar-refractivity contribution in [2.75, 3.05) is 11.6 Å². The summed E-state index contributed by atoms with van der Waals surface area (Å²) >= 11 is 0.961. The van der Waals surface area contributed by atoms with Crippen LogP contribution < -0.4 is 5.32 Å². The maximum Gasteiger partial charge on any atom is 0.304 e. The van der Waals surface area contributed by atoms with Gasteiger partial charge < -0.3 is 5.32 Å². The molecule has 2 fully saturated rings. The van der Waals surface area contributed by atoms with Gasteiger partial charge in [-0.05, 0) is 43.9 Å². The van der Waals surface area contributed by atoms with E-state index in [-0.39, 0.29) is 15.9 Å². The highest BCUT2D eigenvalue weighted by Crippen LogP contribution is 2.50. The van der Waals surface area contributed by atoms with Crippen molar-refractivity contribution in [1.82, 2.24) is 0 Å². The molecule has 1 aromatic rings. The van der Waals surface area contributed by atoms with Crippen molar-refractivity contribution in [1.29, 1.82) is 0 Å². The lowest BCUT2D eigenvalue weighted by molar-refractivity contribution is -0.383. The van der Waals surface area contributed by atoms with Crippen LogP contribution in [0.1, 0.15) is 32.6 Å². The molecule has 4 unspecified atom stereocenters. The molecule has 3 rings (SSSR count). The van der Waals surface area contributed by atoms with Gasteiger partial charge in [-0.3, -0.25) is 10.1 Å². The van der Waals surface area contributed by atoms with E-state index in [0.717, 1.165) is 29.6 Å². The van der Waals surface area contributed by atoms with E-state index in [9.17, 15) is 18.5 Å². The highest BCUT2D eigenvalue weighted by Gasteiger charge is 2.42. The van der Waals surface area contributed by atoms with Crippen LogP contribution in [0.25, 0.3) is 0 Å². The van der Waals surface area contributed by atoms with Gasteiger partial charge in [-0.1, -0.05) is 17.8 Å². The number of rotatable bonds is 5. The van der Waals surface area contributed by atoms with E-state index in [1.165, 1.54) is 25.7 Å². The third kappa shape index (κ3) is 2.86. The average Bonchev–Trinajstić information content (AvgIpc) is 3.11. The maximum absolute atomic E-state index is 11.6. The summed E-state index contributed by atoms with van der Waals surface area (Å²) in [6.07, 6.45) is 6.09. The summed E-state index contributed by atoms with van der Waals surface area (Å²) in [6.45, 7) is 2.05. The summed E-state index contributed by atoms with van der Waals surface area (Å²) in [7, 11) is -3.43. The Balaban J connectivity index is 1.82. The zero-order valence-electron chi connectivity index (χ0n) is 12.6. The molecule has 2 aliphatic carbocycles. The van der Waals surface area contributed by atoms with Crippen molar-refractivity contribution < 1.29 is 13.3 Å². The van der Waals surface area contributed by atoms with Crippen molar-refractivity contribution in [3.05, 3.63) is 16.2 Å². The van der Waals surface area contributed by atoms with Gasteiger partial charge in [0.25, 0.3) is 0 Å². The lowest BCUT2D eigenvalue weighted by atomic mass is 9.84. The highest BCUT2D eigenvalue weighted by atomic mass is 32.2. The Bertz CT molecular complexity index is 698. The zero-order chi connectivity index (χ0) is 16.1. The van der Waals surface area contributed by atoms with Crippen molar-refractivity contribution >= 4 is 31.9 Å². The molecule has 1 N–H and O–H groups in total. The number of fused-ring (bicyclic) bond motifs is 2. The Morgan fingerprint density at radius 3 is 2.64 bits per heavy atom. The average molecular weight is 344 g/mol. The van der Waals surface area contributed by atoms with E-state index in [4.69, 9.17) is 0 Å². The summed E-state index contributed by atoms with van der Waals surface area (Å²) in [5, 5.41) is 14.8. The molecular formula is C14H20N2O4S2. The number of nitro groups is 1. The van der Waals surface area contributed by atoms with E-state index in [1.807, 2.05) is 0 Å². The third-order valence-corrected chi connectivity index (χ3v) is 7.90. The Hall–Kier alpha value is -1.15. The molecule has 0 saturated heterocycles. The molecule has 0 radical (unpaired) electrons. The van der Waals surface area contributed by atoms with Gasteiger partial charge >= 0.3 is 5.69 Å². The van der Waals surface area contributed by atoms with Crippen molar-refractivity contribution in [3.8, 4) is 0 Å². The largest absolute Gasteiger partial charge is 0.368 e. The maximum atomic E-state index is 11.6. The first-order chi connectivity index (χ1) is 10.3. The molecule has 0 spiro atoms. The first-order valence-electron chi connectivity index (χ1n) is 7.50. The van der Waals surface area contributed by atoms with Gasteiger partial charge in [0.1, 0.15) is 4.21 Å². The van der Waals surface area contributed by atoms with E-state index in [0.29, 0.717) is 16.8 Å². The summed E-state index contributed by atoms with van der Waals surface area (Å²) < 4.78 is 23.3. The lowest BCUT2D eigenvalue weighted by Gasteiger charge is -2.28. The number of hydrogen-bond donors (Lipinski definition) is 1. The van der Waals surface area contributed by atoms with E-state index in [2.05, 4.69) is 12.2 Å². The van der Waals surface area contributed by atoms with Crippen molar-refractivity contribution in [2.24, 2.45) is 17.8 Å². The fourth-order valence-electron chi connectivity index (χ4n) is 4.00. The molecule has 1 heterocycles. The van der Waals surface area contributed by atoms with Crippen molar-refractivity contribution in [3.63, 3.8) is 0 Å². The minimum atomic E-state index is -3.43. The number of nitrogens with one attached hydrogen (secondary N) is 1. The summed E-state index contributed by atoms with van der Waals surface area (Å²) in [5.74, 6) is 2.05. The number of hydrogen-bond acceptors (Lipinski definition) is 6. The Kier molecular flexibility index (Phi) is 3.92. The molecule has 22 heavy (non-hydrogen) atoms. The van der Waals surface area contributed by atoms with Gasteiger partial charge in [-0.25, -0.2) is 8.42 Å². The predicted octanol–water partition coefficient (Wildman–Crippen LogP) is 3.30.